The first kappa shape index (κ1) is 12.0. The minimum Gasteiger partial charge on any atom is -0.464 e. The zero-order valence-corrected chi connectivity index (χ0v) is 10.5. The molecule has 3 nitrogen and oxygen atoms in total. The fraction of sp³-hybridized carbons (Fsp3) is 0.667. The molecule has 0 radical (unpaired) electrons. The third-order valence-electron chi connectivity index (χ3n) is 2.51. The molecule has 90 valence electrons. The number of nitrogens with one attached hydrogen (secondary N) is 1. The molecule has 0 amide bonds. The maximum absolute atomic E-state index is 5.73. The summed E-state index contributed by atoms with van der Waals surface area (Å²) in [5.41, 5.74) is 0. The Balaban J connectivity index is 1.68. The lowest BCUT2D eigenvalue weighted by molar-refractivity contribution is 0.0454. The first-order valence-electron chi connectivity index (χ1n) is 5.86. The standard InChI is InChI=1S/C12H19NO2S/c1-2-5-13-6-10-3-4-11(15-10)9-16-12-7-14-8-12/h3-4,12-13H,2,5-9H2,1H3. The van der Waals surface area contributed by atoms with Crippen LogP contribution in [-0.2, 0) is 17.0 Å². The summed E-state index contributed by atoms with van der Waals surface area (Å²) >= 11 is 1.92. The number of thioether (sulfide) groups is 1. The number of ether oxygens (including phenoxy) is 1. The molecular weight excluding hydrogens is 222 g/mol. The Labute approximate surface area is 101 Å². The zero-order chi connectivity index (χ0) is 11.2. The minimum absolute atomic E-state index is 0.673. The first-order valence-corrected chi connectivity index (χ1v) is 6.91. The van der Waals surface area contributed by atoms with E-state index in [0.29, 0.717) is 5.25 Å². The Kier molecular flexibility index (Phi) is 4.75. The summed E-state index contributed by atoms with van der Waals surface area (Å²) < 4.78 is 10.9. The fourth-order valence-corrected chi connectivity index (χ4v) is 2.43. The van der Waals surface area contributed by atoms with E-state index in [2.05, 4.69) is 24.4 Å². The van der Waals surface area contributed by atoms with Gasteiger partial charge < -0.3 is 14.5 Å². The van der Waals surface area contributed by atoms with Gasteiger partial charge in [-0.1, -0.05) is 6.92 Å². The van der Waals surface area contributed by atoms with Crippen LogP contribution in [0.1, 0.15) is 24.9 Å². The van der Waals surface area contributed by atoms with Crippen LogP contribution in [0.25, 0.3) is 0 Å². The van der Waals surface area contributed by atoms with Crippen LogP contribution in [0.15, 0.2) is 16.5 Å². The van der Waals surface area contributed by atoms with Gasteiger partial charge in [-0.25, -0.2) is 0 Å². The van der Waals surface area contributed by atoms with Crippen molar-refractivity contribution in [2.45, 2.75) is 30.9 Å². The van der Waals surface area contributed by atoms with Gasteiger partial charge in [0.05, 0.1) is 30.8 Å². The quantitative estimate of drug-likeness (QED) is 0.743. The summed E-state index contributed by atoms with van der Waals surface area (Å²) in [6.45, 7) is 5.85. The molecular formula is C12H19NO2S. The monoisotopic (exact) mass is 241 g/mol. The molecule has 1 aromatic rings. The van der Waals surface area contributed by atoms with Crippen molar-refractivity contribution in [3.63, 3.8) is 0 Å². The summed E-state index contributed by atoms with van der Waals surface area (Å²) in [5, 5.41) is 4.00. The summed E-state index contributed by atoms with van der Waals surface area (Å²) in [6.07, 6.45) is 1.16. The molecule has 0 spiro atoms. The predicted molar refractivity (Wildman–Crippen MR) is 66.6 cm³/mol. The van der Waals surface area contributed by atoms with Gasteiger partial charge in [0.25, 0.3) is 0 Å². The van der Waals surface area contributed by atoms with Crippen LogP contribution >= 0.6 is 11.8 Å². The van der Waals surface area contributed by atoms with E-state index in [1.807, 2.05) is 11.8 Å². The predicted octanol–water partition coefficient (Wildman–Crippen LogP) is 2.41. The number of furan rings is 1. The SMILES string of the molecule is CCCNCc1ccc(CSC2COC2)o1. The van der Waals surface area contributed by atoms with Gasteiger partial charge in [0.1, 0.15) is 11.5 Å². The average Bonchev–Trinajstić information content (AvgIpc) is 2.64. The van der Waals surface area contributed by atoms with Crippen molar-refractivity contribution in [2.24, 2.45) is 0 Å². The molecule has 0 aliphatic carbocycles. The Morgan fingerprint density at radius 3 is 2.88 bits per heavy atom. The zero-order valence-electron chi connectivity index (χ0n) is 9.70. The topological polar surface area (TPSA) is 34.4 Å². The lowest BCUT2D eigenvalue weighted by Gasteiger charge is -2.24. The van der Waals surface area contributed by atoms with Crippen molar-refractivity contribution in [3.05, 3.63) is 23.7 Å². The van der Waals surface area contributed by atoms with Crippen molar-refractivity contribution in [1.82, 2.24) is 5.32 Å². The molecule has 0 unspecified atom stereocenters. The number of hydrogen-bond acceptors (Lipinski definition) is 4. The highest BCUT2D eigenvalue weighted by molar-refractivity contribution is 7.99. The van der Waals surface area contributed by atoms with Crippen molar-refractivity contribution >= 4 is 11.8 Å². The molecule has 1 N–H and O–H groups in total. The first-order chi connectivity index (χ1) is 7.88. The number of hydrogen-bond donors (Lipinski definition) is 1. The fourth-order valence-electron chi connectivity index (χ4n) is 1.49. The average molecular weight is 241 g/mol. The maximum atomic E-state index is 5.73. The largest absolute Gasteiger partial charge is 0.464 e. The normalized spacial score (nSPS) is 16.3. The molecule has 0 saturated carbocycles. The van der Waals surface area contributed by atoms with Gasteiger partial charge in [-0.3, -0.25) is 0 Å². The molecule has 2 heterocycles. The van der Waals surface area contributed by atoms with Gasteiger partial charge in [-0.15, -0.1) is 11.8 Å². The number of rotatable bonds is 7. The molecule has 1 fully saturated rings. The lowest BCUT2D eigenvalue weighted by Crippen LogP contribution is -2.30. The van der Waals surface area contributed by atoms with Gasteiger partial charge in [0, 0.05) is 0 Å². The molecule has 0 bridgehead atoms. The smallest absolute Gasteiger partial charge is 0.117 e. The molecule has 1 aliphatic heterocycles. The van der Waals surface area contributed by atoms with Crippen LogP contribution in [0.2, 0.25) is 0 Å². The van der Waals surface area contributed by atoms with Crippen molar-refractivity contribution in [1.29, 1.82) is 0 Å². The van der Waals surface area contributed by atoms with Gasteiger partial charge in [-0.2, -0.15) is 0 Å². The van der Waals surface area contributed by atoms with E-state index < -0.39 is 0 Å². The summed E-state index contributed by atoms with van der Waals surface area (Å²) in [5.74, 6) is 3.07. The highest BCUT2D eigenvalue weighted by Crippen LogP contribution is 2.24. The molecule has 1 aromatic heterocycles. The van der Waals surface area contributed by atoms with Gasteiger partial charge in [0.15, 0.2) is 0 Å². The van der Waals surface area contributed by atoms with Gasteiger partial charge in [0.2, 0.25) is 0 Å². The molecule has 1 saturated heterocycles. The van der Waals surface area contributed by atoms with E-state index in [1.165, 1.54) is 0 Å². The summed E-state index contributed by atoms with van der Waals surface area (Å²) in [4.78, 5) is 0. The third-order valence-corrected chi connectivity index (χ3v) is 3.71. The molecule has 16 heavy (non-hydrogen) atoms. The third kappa shape index (κ3) is 3.54. The van der Waals surface area contributed by atoms with E-state index in [9.17, 15) is 0 Å². The molecule has 0 atom stereocenters. The van der Waals surface area contributed by atoms with Gasteiger partial charge in [-0.05, 0) is 25.1 Å². The Bertz CT molecular complexity index is 310. The van der Waals surface area contributed by atoms with Crippen LogP contribution in [0, 0.1) is 0 Å². The molecule has 4 heteroatoms. The van der Waals surface area contributed by atoms with Crippen LogP contribution in [0.5, 0.6) is 0 Å². The Morgan fingerprint density at radius 1 is 1.38 bits per heavy atom. The van der Waals surface area contributed by atoms with Crippen LogP contribution in [0.3, 0.4) is 0 Å². The van der Waals surface area contributed by atoms with Crippen LogP contribution in [0.4, 0.5) is 0 Å². The van der Waals surface area contributed by atoms with E-state index in [0.717, 1.165) is 50.0 Å². The highest BCUT2D eigenvalue weighted by Gasteiger charge is 2.19. The minimum atomic E-state index is 0.673. The van der Waals surface area contributed by atoms with Crippen molar-refractivity contribution < 1.29 is 9.15 Å². The molecule has 0 aromatic carbocycles. The van der Waals surface area contributed by atoms with E-state index in [1.54, 1.807) is 0 Å². The van der Waals surface area contributed by atoms with Crippen molar-refractivity contribution in [2.75, 3.05) is 19.8 Å². The van der Waals surface area contributed by atoms with E-state index in [4.69, 9.17) is 9.15 Å². The Hall–Kier alpha value is -0.450. The van der Waals surface area contributed by atoms with Crippen LogP contribution < -0.4 is 5.32 Å². The second kappa shape index (κ2) is 6.33. The summed E-state index contributed by atoms with van der Waals surface area (Å²) in [6, 6.07) is 4.14. The molecule has 2 rings (SSSR count). The van der Waals surface area contributed by atoms with E-state index in [-0.39, 0.29) is 0 Å². The van der Waals surface area contributed by atoms with Crippen LogP contribution in [-0.4, -0.2) is 25.0 Å². The summed E-state index contributed by atoms with van der Waals surface area (Å²) in [7, 11) is 0. The van der Waals surface area contributed by atoms with E-state index >= 15 is 0 Å². The second-order valence-electron chi connectivity index (χ2n) is 4.02. The maximum Gasteiger partial charge on any atom is 0.117 e. The highest BCUT2D eigenvalue weighted by atomic mass is 32.2. The Morgan fingerprint density at radius 2 is 2.19 bits per heavy atom. The second-order valence-corrected chi connectivity index (χ2v) is 5.30. The lowest BCUT2D eigenvalue weighted by atomic mass is 10.4. The van der Waals surface area contributed by atoms with Crippen molar-refractivity contribution in [3.8, 4) is 0 Å². The van der Waals surface area contributed by atoms with Gasteiger partial charge >= 0.3 is 0 Å². The molecule has 1 aliphatic rings.